The molecule has 1 heterocycles. The lowest BCUT2D eigenvalue weighted by molar-refractivity contribution is 0.212. The fraction of sp³-hybridized carbons (Fsp3) is 0.190. The summed E-state index contributed by atoms with van der Waals surface area (Å²) < 4.78 is 5.59. The van der Waals surface area contributed by atoms with Crippen LogP contribution in [-0.4, -0.2) is 12.6 Å². The summed E-state index contributed by atoms with van der Waals surface area (Å²) in [5.41, 5.74) is 8.70. The maximum Gasteiger partial charge on any atom is 0.283 e. The van der Waals surface area contributed by atoms with E-state index in [-0.39, 0.29) is 11.9 Å². The zero-order valence-corrected chi connectivity index (χ0v) is 14.5. The van der Waals surface area contributed by atoms with Crippen LogP contribution in [0.25, 0.3) is 11.1 Å². The van der Waals surface area contributed by atoms with Gasteiger partial charge in [0, 0.05) is 10.9 Å². The molecule has 25 heavy (non-hydrogen) atoms. The van der Waals surface area contributed by atoms with Crippen LogP contribution < -0.4 is 5.73 Å². The molecule has 1 aliphatic carbocycles. The topological polar surface area (TPSA) is 47.6 Å². The number of hydrogen-bond donors (Lipinski definition) is 1. The molecular formula is C21H19ClN2O. The number of nitrogens with two attached hydrogens (primary N) is 1. The molecule has 1 aliphatic heterocycles. The van der Waals surface area contributed by atoms with Gasteiger partial charge < -0.3 is 10.5 Å². The number of hydrogen-bond acceptors (Lipinski definition) is 3. The van der Waals surface area contributed by atoms with Crippen LogP contribution in [0, 0.1) is 5.92 Å². The summed E-state index contributed by atoms with van der Waals surface area (Å²) in [5.74, 6) is 0.216. The zero-order chi connectivity index (χ0) is 17.3. The van der Waals surface area contributed by atoms with Gasteiger partial charge in [-0.2, -0.15) is 0 Å². The Bertz CT molecular complexity index is 887. The van der Waals surface area contributed by atoms with Crippen LogP contribution in [-0.2, 0) is 10.3 Å². The highest BCUT2D eigenvalue weighted by molar-refractivity contribution is 6.30. The van der Waals surface area contributed by atoms with Crippen molar-refractivity contribution >= 4 is 17.6 Å². The monoisotopic (exact) mass is 350 g/mol. The molecule has 0 bridgehead atoms. The van der Waals surface area contributed by atoms with E-state index in [9.17, 15) is 0 Å². The van der Waals surface area contributed by atoms with Crippen LogP contribution in [0.3, 0.4) is 0 Å². The third kappa shape index (κ3) is 2.96. The Balaban J connectivity index is 1.80. The Morgan fingerprint density at radius 3 is 2.56 bits per heavy atom. The van der Waals surface area contributed by atoms with Gasteiger partial charge >= 0.3 is 0 Å². The van der Waals surface area contributed by atoms with Crippen molar-refractivity contribution in [1.82, 2.24) is 0 Å². The lowest BCUT2D eigenvalue weighted by Gasteiger charge is -2.32. The molecule has 1 unspecified atom stereocenters. The van der Waals surface area contributed by atoms with Crippen LogP contribution in [0.4, 0.5) is 0 Å². The zero-order valence-electron chi connectivity index (χ0n) is 13.7. The van der Waals surface area contributed by atoms with Gasteiger partial charge in [-0.3, -0.25) is 0 Å². The molecule has 4 rings (SSSR count). The molecule has 0 spiro atoms. The Morgan fingerprint density at radius 1 is 1.08 bits per heavy atom. The number of benzene rings is 2. The Hall–Kier alpha value is -2.52. The van der Waals surface area contributed by atoms with Gasteiger partial charge in [0.05, 0.1) is 0 Å². The molecule has 0 saturated heterocycles. The van der Waals surface area contributed by atoms with Gasteiger partial charge in [-0.25, -0.2) is 4.99 Å². The van der Waals surface area contributed by atoms with Gasteiger partial charge in [-0.1, -0.05) is 66.2 Å². The van der Waals surface area contributed by atoms with E-state index in [1.807, 2.05) is 18.2 Å². The van der Waals surface area contributed by atoms with E-state index in [2.05, 4.69) is 54.6 Å². The predicted molar refractivity (Wildman–Crippen MR) is 103 cm³/mol. The second-order valence-electron chi connectivity index (χ2n) is 6.41. The first-order chi connectivity index (χ1) is 12.2. The lowest BCUT2D eigenvalue weighted by atomic mass is 9.75. The first-order valence-electron chi connectivity index (χ1n) is 8.35. The summed E-state index contributed by atoms with van der Waals surface area (Å²) in [6, 6.07) is 16.5. The highest BCUT2D eigenvalue weighted by atomic mass is 35.5. The molecule has 0 fully saturated rings. The van der Waals surface area contributed by atoms with Crippen molar-refractivity contribution < 1.29 is 4.74 Å². The summed E-state index contributed by atoms with van der Waals surface area (Å²) in [6.45, 7) is 0.459. The van der Waals surface area contributed by atoms with Crippen molar-refractivity contribution in [2.45, 2.75) is 12.0 Å². The van der Waals surface area contributed by atoms with Gasteiger partial charge in [0.1, 0.15) is 12.1 Å². The smallest absolute Gasteiger partial charge is 0.283 e. The standard InChI is InChI=1S/C21H19ClN2O/c22-19-11-5-7-16(13-19)15-6-4-10-18(12-15)21(14-25-20(23)24-21)17-8-2-1-3-9-17/h1-8,10-13,17H,9,14H2,(H2,23,24)/t17?,21-/m0/s1. The quantitative estimate of drug-likeness (QED) is 0.873. The summed E-state index contributed by atoms with van der Waals surface area (Å²) in [4.78, 5) is 4.73. The number of aliphatic imine (C=N–C) groups is 1. The van der Waals surface area contributed by atoms with Gasteiger partial charge in [0.25, 0.3) is 6.02 Å². The van der Waals surface area contributed by atoms with Crippen LogP contribution >= 0.6 is 11.6 Å². The van der Waals surface area contributed by atoms with Crippen molar-refractivity contribution in [3.8, 4) is 11.1 Å². The van der Waals surface area contributed by atoms with Crippen LogP contribution in [0.1, 0.15) is 12.0 Å². The summed E-state index contributed by atoms with van der Waals surface area (Å²) in [6.07, 6.45) is 9.41. The van der Waals surface area contributed by atoms with Crippen molar-refractivity contribution in [2.75, 3.05) is 6.61 Å². The van der Waals surface area contributed by atoms with Gasteiger partial charge in [0.15, 0.2) is 0 Å². The minimum atomic E-state index is -0.486. The molecule has 0 radical (unpaired) electrons. The average Bonchev–Trinajstić information content (AvgIpc) is 3.06. The molecule has 0 amide bonds. The fourth-order valence-corrected chi connectivity index (χ4v) is 3.76. The summed E-state index contributed by atoms with van der Waals surface area (Å²) >= 11 is 6.15. The Labute approximate surface area is 152 Å². The van der Waals surface area contributed by atoms with E-state index in [1.165, 1.54) is 0 Å². The lowest BCUT2D eigenvalue weighted by Crippen LogP contribution is -2.34. The number of amidine groups is 1. The highest BCUT2D eigenvalue weighted by Crippen LogP contribution is 2.42. The number of allylic oxidation sites excluding steroid dienone is 3. The largest absolute Gasteiger partial charge is 0.462 e. The van der Waals surface area contributed by atoms with Crippen LogP contribution in [0.5, 0.6) is 0 Å². The molecule has 2 aromatic rings. The van der Waals surface area contributed by atoms with E-state index >= 15 is 0 Å². The number of nitrogens with zero attached hydrogens (tertiary/aromatic N) is 1. The molecule has 2 aliphatic rings. The maximum absolute atomic E-state index is 6.15. The SMILES string of the molecule is NC1=N[C@](c2cccc(-c3cccc(Cl)c3)c2)(C2C=CC=CC2)CO1. The normalized spacial score (nSPS) is 24.8. The molecule has 2 aromatic carbocycles. The first-order valence-corrected chi connectivity index (χ1v) is 8.73. The molecule has 2 atom stereocenters. The van der Waals surface area contributed by atoms with E-state index < -0.39 is 5.54 Å². The van der Waals surface area contributed by atoms with E-state index in [4.69, 9.17) is 27.1 Å². The molecule has 3 nitrogen and oxygen atoms in total. The number of halogens is 1. The second-order valence-corrected chi connectivity index (χ2v) is 6.85. The second kappa shape index (κ2) is 6.41. The van der Waals surface area contributed by atoms with Gasteiger partial charge in [0.2, 0.25) is 0 Å². The summed E-state index contributed by atoms with van der Waals surface area (Å²) in [7, 11) is 0. The first kappa shape index (κ1) is 16.0. The molecule has 0 saturated carbocycles. The van der Waals surface area contributed by atoms with Crippen molar-refractivity contribution in [1.29, 1.82) is 0 Å². The molecule has 126 valence electrons. The fourth-order valence-electron chi connectivity index (χ4n) is 3.57. The maximum atomic E-state index is 6.15. The third-order valence-corrected chi connectivity index (χ3v) is 5.10. The predicted octanol–water partition coefficient (Wildman–Crippen LogP) is 4.68. The van der Waals surface area contributed by atoms with Crippen molar-refractivity contribution in [3.05, 3.63) is 83.4 Å². The van der Waals surface area contributed by atoms with E-state index in [1.54, 1.807) is 0 Å². The molecule has 0 aromatic heterocycles. The molecular weight excluding hydrogens is 332 g/mol. The minimum absolute atomic E-state index is 0.216. The Morgan fingerprint density at radius 2 is 1.88 bits per heavy atom. The number of rotatable bonds is 3. The van der Waals surface area contributed by atoms with E-state index in [0.29, 0.717) is 6.61 Å². The van der Waals surface area contributed by atoms with Crippen LogP contribution in [0.2, 0.25) is 5.02 Å². The molecule has 2 N–H and O–H groups in total. The minimum Gasteiger partial charge on any atom is -0.462 e. The average molecular weight is 351 g/mol. The van der Waals surface area contributed by atoms with E-state index in [0.717, 1.165) is 28.1 Å². The van der Waals surface area contributed by atoms with Gasteiger partial charge in [-0.15, -0.1) is 0 Å². The van der Waals surface area contributed by atoms with Gasteiger partial charge in [-0.05, 0) is 41.3 Å². The van der Waals surface area contributed by atoms with Crippen molar-refractivity contribution in [3.63, 3.8) is 0 Å². The Kier molecular flexibility index (Phi) is 4.10. The third-order valence-electron chi connectivity index (χ3n) is 4.86. The molecule has 4 heteroatoms. The van der Waals surface area contributed by atoms with Crippen molar-refractivity contribution in [2.24, 2.45) is 16.6 Å². The summed E-state index contributed by atoms with van der Waals surface area (Å²) in [5, 5.41) is 0.726. The number of ether oxygens (including phenoxy) is 1. The highest BCUT2D eigenvalue weighted by Gasteiger charge is 2.44. The van der Waals surface area contributed by atoms with Crippen LogP contribution in [0.15, 0.2) is 77.8 Å².